The minimum atomic E-state index is -0.0455. The Bertz CT molecular complexity index is 915. The van der Waals surface area contributed by atoms with Crippen molar-refractivity contribution in [3.8, 4) is 11.4 Å². The molecule has 1 aliphatic rings. The summed E-state index contributed by atoms with van der Waals surface area (Å²) in [4.78, 5) is 29.6. The van der Waals surface area contributed by atoms with E-state index in [4.69, 9.17) is 0 Å². The van der Waals surface area contributed by atoms with Gasteiger partial charge in [-0.1, -0.05) is 18.2 Å². The van der Waals surface area contributed by atoms with Crippen molar-refractivity contribution < 1.29 is 4.79 Å². The van der Waals surface area contributed by atoms with Crippen molar-refractivity contribution in [1.82, 2.24) is 19.9 Å². The number of carbonyl (C=O) groups is 1. The fourth-order valence-electron chi connectivity index (χ4n) is 3.63. The molecule has 6 nitrogen and oxygen atoms in total. The van der Waals surface area contributed by atoms with Crippen LogP contribution in [0, 0.1) is 5.92 Å². The minimum Gasteiger partial charge on any atom is -0.371 e. The van der Waals surface area contributed by atoms with Crippen molar-refractivity contribution in [3.05, 3.63) is 72.8 Å². The molecule has 1 saturated heterocycles. The van der Waals surface area contributed by atoms with Crippen LogP contribution in [0.3, 0.4) is 0 Å². The van der Waals surface area contributed by atoms with Gasteiger partial charge in [-0.3, -0.25) is 9.78 Å². The van der Waals surface area contributed by atoms with Crippen molar-refractivity contribution in [2.45, 2.75) is 6.42 Å². The van der Waals surface area contributed by atoms with E-state index in [0.717, 1.165) is 31.6 Å². The molecule has 1 aromatic carbocycles. The zero-order chi connectivity index (χ0) is 19.3. The summed E-state index contributed by atoms with van der Waals surface area (Å²) in [5.41, 5.74) is 2.59. The Balaban J connectivity index is 1.36. The minimum absolute atomic E-state index is 0.0455. The van der Waals surface area contributed by atoms with Crippen LogP contribution in [-0.4, -0.2) is 52.4 Å². The predicted octanol–water partition coefficient (Wildman–Crippen LogP) is 3.14. The highest BCUT2D eigenvalue weighted by molar-refractivity contribution is 5.93. The molecule has 3 heterocycles. The Morgan fingerprint density at radius 1 is 1.11 bits per heavy atom. The third-order valence-electron chi connectivity index (χ3n) is 5.10. The summed E-state index contributed by atoms with van der Waals surface area (Å²) in [6, 6.07) is 14.2. The molecule has 0 saturated carbocycles. The van der Waals surface area contributed by atoms with E-state index in [1.54, 1.807) is 29.7 Å². The maximum absolute atomic E-state index is 12.8. The SMILES string of the molecule is CN(CC1CCN(c2ccccc2)C1)C(=O)c1cnc(-c2cccnc2)nc1. The topological polar surface area (TPSA) is 62.2 Å². The van der Waals surface area contributed by atoms with Gasteiger partial charge in [0.15, 0.2) is 5.82 Å². The third-order valence-corrected chi connectivity index (χ3v) is 5.10. The van der Waals surface area contributed by atoms with E-state index in [1.807, 2.05) is 25.2 Å². The van der Waals surface area contributed by atoms with E-state index in [-0.39, 0.29) is 5.91 Å². The number of nitrogens with zero attached hydrogens (tertiary/aromatic N) is 5. The quantitative estimate of drug-likeness (QED) is 0.688. The first kappa shape index (κ1) is 18.1. The van der Waals surface area contributed by atoms with Gasteiger partial charge in [-0.25, -0.2) is 9.97 Å². The van der Waals surface area contributed by atoms with Gasteiger partial charge in [0.05, 0.1) is 5.56 Å². The molecule has 0 spiro atoms. The highest BCUT2D eigenvalue weighted by Crippen LogP contribution is 2.24. The van der Waals surface area contributed by atoms with Crippen molar-refractivity contribution >= 4 is 11.6 Å². The molecule has 6 heteroatoms. The van der Waals surface area contributed by atoms with E-state index in [1.165, 1.54) is 5.69 Å². The average molecular weight is 373 g/mol. The Morgan fingerprint density at radius 2 is 1.89 bits per heavy atom. The Kier molecular flexibility index (Phi) is 5.28. The van der Waals surface area contributed by atoms with E-state index < -0.39 is 0 Å². The van der Waals surface area contributed by atoms with Crippen LogP contribution in [0.15, 0.2) is 67.3 Å². The van der Waals surface area contributed by atoms with Gasteiger partial charge in [0, 0.05) is 62.7 Å². The lowest BCUT2D eigenvalue weighted by molar-refractivity contribution is 0.0775. The molecule has 0 N–H and O–H groups in total. The first-order valence-electron chi connectivity index (χ1n) is 9.48. The summed E-state index contributed by atoms with van der Waals surface area (Å²) in [5, 5.41) is 0. The summed E-state index contributed by atoms with van der Waals surface area (Å²) in [6.07, 6.45) is 7.70. The van der Waals surface area contributed by atoms with Crippen LogP contribution in [0.4, 0.5) is 5.69 Å². The first-order valence-corrected chi connectivity index (χ1v) is 9.48. The highest BCUT2D eigenvalue weighted by atomic mass is 16.2. The smallest absolute Gasteiger partial charge is 0.256 e. The second-order valence-electron chi connectivity index (χ2n) is 7.16. The van der Waals surface area contributed by atoms with Crippen LogP contribution < -0.4 is 4.90 Å². The third kappa shape index (κ3) is 4.01. The standard InChI is InChI=1S/C22H23N5O/c1-26(15-17-9-11-27(16-17)20-7-3-2-4-8-20)22(28)19-13-24-21(25-14-19)18-6-5-10-23-12-18/h2-8,10,12-14,17H,9,11,15-16H2,1H3. The molecule has 0 radical (unpaired) electrons. The van der Waals surface area contributed by atoms with E-state index >= 15 is 0 Å². The Morgan fingerprint density at radius 3 is 2.61 bits per heavy atom. The zero-order valence-corrected chi connectivity index (χ0v) is 15.9. The number of rotatable bonds is 5. The molecule has 2 aromatic heterocycles. The van der Waals surface area contributed by atoms with Gasteiger partial charge >= 0.3 is 0 Å². The van der Waals surface area contributed by atoms with Crippen LogP contribution in [0.1, 0.15) is 16.8 Å². The molecular weight excluding hydrogens is 350 g/mol. The number of amides is 1. The van der Waals surface area contributed by atoms with Gasteiger partial charge in [-0.15, -0.1) is 0 Å². The molecular formula is C22H23N5O. The molecule has 3 aromatic rings. The fraction of sp³-hybridized carbons (Fsp3) is 0.273. The number of hydrogen-bond acceptors (Lipinski definition) is 5. The van der Waals surface area contributed by atoms with Gasteiger partial charge in [-0.2, -0.15) is 0 Å². The van der Waals surface area contributed by atoms with Crippen molar-refractivity contribution in [3.63, 3.8) is 0 Å². The van der Waals surface area contributed by atoms with E-state index in [2.05, 4.69) is 44.1 Å². The molecule has 0 aliphatic carbocycles. The molecule has 0 bridgehead atoms. The largest absolute Gasteiger partial charge is 0.371 e. The Hall–Kier alpha value is -3.28. The zero-order valence-electron chi connectivity index (χ0n) is 15.9. The molecule has 4 rings (SSSR count). The van der Waals surface area contributed by atoms with Crippen LogP contribution in [0.5, 0.6) is 0 Å². The number of anilines is 1. The van der Waals surface area contributed by atoms with E-state index in [9.17, 15) is 4.79 Å². The molecule has 142 valence electrons. The normalized spacial score (nSPS) is 16.2. The number of para-hydroxylation sites is 1. The first-order chi connectivity index (χ1) is 13.7. The molecule has 1 fully saturated rings. The summed E-state index contributed by atoms with van der Waals surface area (Å²) >= 11 is 0. The maximum atomic E-state index is 12.8. The highest BCUT2D eigenvalue weighted by Gasteiger charge is 2.25. The molecule has 28 heavy (non-hydrogen) atoms. The van der Waals surface area contributed by atoms with Crippen LogP contribution in [-0.2, 0) is 0 Å². The van der Waals surface area contributed by atoms with Gasteiger partial charge < -0.3 is 9.80 Å². The van der Waals surface area contributed by atoms with Gasteiger partial charge in [0.25, 0.3) is 5.91 Å². The lowest BCUT2D eigenvalue weighted by Crippen LogP contribution is -2.33. The number of hydrogen-bond donors (Lipinski definition) is 0. The van der Waals surface area contributed by atoms with Crippen molar-refractivity contribution in [2.24, 2.45) is 5.92 Å². The van der Waals surface area contributed by atoms with Gasteiger partial charge in [-0.05, 0) is 36.6 Å². The number of pyridine rings is 1. The summed E-state index contributed by atoms with van der Waals surface area (Å²) in [5.74, 6) is 0.988. The van der Waals surface area contributed by atoms with Gasteiger partial charge in [0.1, 0.15) is 0 Å². The van der Waals surface area contributed by atoms with Crippen LogP contribution in [0.25, 0.3) is 11.4 Å². The van der Waals surface area contributed by atoms with Crippen molar-refractivity contribution in [1.29, 1.82) is 0 Å². The predicted molar refractivity (Wildman–Crippen MR) is 109 cm³/mol. The summed E-state index contributed by atoms with van der Waals surface area (Å²) < 4.78 is 0. The van der Waals surface area contributed by atoms with Crippen LogP contribution in [0.2, 0.25) is 0 Å². The molecule has 1 amide bonds. The number of aromatic nitrogens is 3. The lowest BCUT2D eigenvalue weighted by atomic mass is 10.1. The number of carbonyl (C=O) groups excluding carboxylic acids is 1. The second kappa shape index (κ2) is 8.17. The number of benzene rings is 1. The average Bonchev–Trinajstić information content (AvgIpc) is 3.23. The monoisotopic (exact) mass is 373 g/mol. The maximum Gasteiger partial charge on any atom is 0.256 e. The van der Waals surface area contributed by atoms with E-state index in [0.29, 0.717) is 17.3 Å². The summed E-state index contributed by atoms with van der Waals surface area (Å²) in [7, 11) is 1.85. The van der Waals surface area contributed by atoms with Gasteiger partial charge in [0.2, 0.25) is 0 Å². The molecule has 1 atom stereocenters. The lowest BCUT2D eigenvalue weighted by Gasteiger charge is -2.22. The summed E-state index contributed by atoms with van der Waals surface area (Å²) in [6.45, 7) is 2.73. The molecule has 1 unspecified atom stereocenters. The Labute approximate surface area is 164 Å². The van der Waals surface area contributed by atoms with Crippen molar-refractivity contribution in [2.75, 3.05) is 31.6 Å². The second-order valence-corrected chi connectivity index (χ2v) is 7.16. The molecule has 1 aliphatic heterocycles. The fourth-order valence-corrected chi connectivity index (χ4v) is 3.63. The van der Waals surface area contributed by atoms with Crippen LogP contribution >= 0.6 is 0 Å².